The third-order valence-corrected chi connectivity index (χ3v) is 5.30. The van der Waals surface area contributed by atoms with Gasteiger partial charge in [-0.25, -0.2) is 9.38 Å². The van der Waals surface area contributed by atoms with Gasteiger partial charge in [0.2, 0.25) is 0 Å². The van der Waals surface area contributed by atoms with E-state index in [1.165, 1.54) is 6.92 Å². The number of thioether (sulfide) groups is 2. The molecule has 1 aromatic carbocycles. The molecule has 0 unspecified atom stereocenters. The number of halogens is 7. The second-order valence-corrected chi connectivity index (χ2v) is 7.33. The van der Waals surface area contributed by atoms with Crippen LogP contribution in [0.25, 0.3) is 0 Å². The fraction of sp³-hybridized carbons (Fsp3) is 0.500. The predicted molar refractivity (Wildman–Crippen MR) is 85.1 cm³/mol. The van der Waals surface area contributed by atoms with Gasteiger partial charge in [-0.15, -0.1) is 11.8 Å². The topological polar surface area (TPSA) is 15.6 Å². The summed E-state index contributed by atoms with van der Waals surface area (Å²) in [6.45, 7) is 0.368. The number of hydrogen-bond donors (Lipinski definition) is 0. The lowest BCUT2D eigenvalue weighted by atomic mass is 10.2. The van der Waals surface area contributed by atoms with Crippen molar-refractivity contribution in [2.24, 2.45) is 4.99 Å². The number of aryl methyl sites for hydroxylation is 1. The van der Waals surface area contributed by atoms with E-state index in [0.717, 1.165) is 28.8 Å². The average Bonchev–Trinajstić information content (AvgIpc) is 2.84. The van der Waals surface area contributed by atoms with Crippen molar-refractivity contribution in [3.63, 3.8) is 0 Å². The summed E-state index contributed by atoms with van der Waals surface area (Å²) in [5, 5.41) is 0.00634. The van der Waals surface area contributed by atoms with Gasteiger partial charge in [-0.3, -0.25) is 0 Å². The molecule has 2 nitrogen and oxygen atoms in total. The van der Waals surface area contributed by atoms with Gasteiger partial charge in [0, 0.05) is 17.2 Å². The SMILES string of the molecule is Cc1cc(F)c(N=C2SCCN2CC(F)(F)F)cc1SCC(F)(F)F. The number of aliphatic imine (C=N–C) groups is 1. The maximum Gasteiger partial charge on any atom is 0.405 e. The van der Waals surface area contributed by atoms with E-state index in [4.69, 9.17) is 0 Å². The van der Waals surface area contributed by atoms with Gasteiger partial charge in [0.1, 0.15) is 18.0 Å². The molecule has 1 heterocycles. The molecule has 140 valence electrons. The lowest BCUT2D eigenvalue weighted by Crippen LogP contribution is -2.34. The zero-order valence-electron chi connectivity index (χ0n) is 12.8. The molecule has 0 aromatic heterocycles. The first-order valence-electron chi connectivity index (χ1n) is 6.97. The fourth-order valence-electron chi connectivity index (χ4n) is 2.05. The minimum atomic E-state index is -4.43. The van der Waals surface area contributed by atoms with Crippen molar-refractivity contribution in [3.05, 3.63) is 23.5 Å². The average molecular weight is 406 g/mol. The predicted octanol–water partition coefficient (Wildman–Crippen LogP) is 5.39. The van der Waals surface area contributed by atoms with Gasteiger partial charge < -0.3 is 4.90 Å². The summed E-state index contributed by atoms with van der Waals surface area (Å²) in [6, 6.07) is 2.17. The molecule has 1 saturated heterocycles. The molecule has 0 atom stereocenters. The molecule has 1 fully saturated rings. The Hall–Kier alpha value is -1.10. The van der Waals surface area contributed by atoms with Gasteiger partial charge >= 0.3 is 12.4 Å². The largest absolute Gasteiger partial charge is 0.405 e. The summed E-state index contributed by atoms with van der Waals surface area (Å²) in [7, 11) is 0. The van der Waals surface area contributed by atoms with E-state index < -0.39 is 30.5 Å². The monoisotopic (exact) mass is 406 g/mol. The number of alkyl halides is 6. The number of benzene rings is 1. The van der Waals surface area contributed by atoms with Gasteiger partial charge in [-0.1, -0.05) is 11.8 Å². The van der Waals surface area contributed by atoms with Gasteiger partial charge in [0.25, 0.3) is 0 Å². The summed E-state index contributed by atoms with van der Waals surface area (Å²) >= 11 is 1.53. The maximum absolute atomic E-state index is 14.0. The lowest BCUT2D eigenvalue weighted by Gasteiger charge is -2.19. The highest BCUT2D eigenvalue weighted by atomic mass is 32.2. The van der Waals surface area contributed by atoms with Crippen LogP contribution in [0, 0.1) is 12.7 Å². The third kappa shape index (κ3) is 6.28. The van der Waals surface area contributed by atoms with Crippen molar-refractivity contribution in [1.82, 2.24) is 4.90 Å². The van der Waals surface area contributed by atoms with E-state index in [1.54, 1.807) is 0 Å². The Morgan fingerprint density at radius 3 is 2.44 bits per heavy atom. The van der Waals surface area contributed by atoms with E-state index in [2.05, 4.69) is 4.99 Å². The Labute approximate surface area is 147 Å². The molecule has 0 radical (unpaired) electrons. The first-order valence-corrected chi connectivity index (χ1v) is 8.94. The molecule has 0 spiro atoms. The summed E-state index contributed by atoms with van der Waals surface area (Å²) in [5.41, 5.74) is 0.0359. The molecule has 2 rings (SSSR count). The summed E-state index contributed by atoms with van der Waals surface area (Å²) in [6.07, 6.45) is -8.81. The van der Waals surface area contributed by atoms with E-state index in [9.17, 15) is 30.7 Å². The molecule has 1 aliphatic rings. The smallest absolute Gasteiger partial charge is 0.341 e. The molecular weight excluding hydrogens is 393 g/mol. The molecule has 1 aliphatic heterocycles. The highest BCUT2D eigenvalue weighted by molar-refractivity contribution is 8.14. The van der Waals surface area contributed by atoms with Gasteiger partial charge in [0.15, 0.2) is 5.17 Å². The van der Waals surface area contributed by atoms with Crippen LogP contribution in [0.3, 0.4) is 0 Å². The second kappa shape index (κ2) is 7.65. The minimum absolute atomic E-state index is 0.00634. The van der Waals surface area contributed by atoms with Crippen LogP contribution in [-0.4, -0.2) is 47.0 Å². The second-order valence-electron chi connectivity index (χ2n) is 5.25. The fourth-order valence-corrected chi connectivity index (χ4v) is 3.84. The number of amidine groups is 1. The molecule has 0 bridgehead atoms. The summed E-state index contributed by atoms with van der Waals surface area (Å²) in [4.78, 5) is 5.07. The number of rotatable bonds is 4. The molecule has 0 aliphatic carbocycles. The highest BCUT2D eigenvalue weighted by Gasteiger charge is 2.34. The zero-order valence-corrected chi connectivity index (χ0v) is 14.5. The molecule has 11 heteroatoms. The van der Waals surface area contributed by atoms with Gasteiger partial charge in [-0.05, 0) is 24.6 Å². The first kappa shape index (κ1) is 20.2. The lowest BCUT2D eigenvalue weighted by molar-refractivity contribution is -0.136. The first-order chi connectivity index (χ1) is 11.4. The number of hydrogen-bond acceptors (Lipinski definition) is 3. The van der Waals surface area contributed by atoms with E-state index >= 15 is 0 Å². The summed E-state index contributed by atoms with van der Waals surface area (Å²) < 4.78 is 88.7. The van der Waals surface area contributed by atoms with Crippen LogP contribution in [0.1, 0.15) is 5.56 Å². The van der Waals surface area contributed by atoms with Crippen LogP contribution in [0.15, 0.2) is 22.0 Å². The van der Waals surface area contributed by atoms with Gasteiger partial charge in [0.05, 0.1) is 5.75 Å². The Kier molecular flexibility index (Phi) is 6.18. The third-order valence-electron chi connectivity index (χ3n) is 3.08. The van der Waals surface area contributed by atoms with Crippen molar-refractivity contribution in [1.29, 1.82) is 0 Å². The minimum Gasteiger partial charge on any atom is -0.341 e. The van der Waals surface area contributed by atoms with Crippen LogP contribution in [-0.2, 0) is 0 Å². The van der Waals surface area contributed by atoms with Crippen LogP contribution in [0.5, 0.6) is 0 Å². The van der Waals surface area contributed by atoms with Crippen molar-refractivity contribution in [3.8, 4) is 0 Å². The molecule has 0 saturated carbocycles. The normalized spacial score (nSPS) is 17.6. The molecule has 0 amide bonds. The molecule has 1 aromatic rings. The molecule has 0 N–H and O–H groups in total. The van der Waals surface area contributed by atoms with E-state index in [-0.39, 0.29) is 22.3 Å². The zero-order chi connectivity index (χ0) is 18.8. The highest BCUT2D eigenvalue weighted by Crippen LogP contribution is 2.35. The van der Waals surface area contributed by atoms with E-state index in [1.807, 2.05) is 0 Å². The van der Waals surface area contributed by atoms with Gasteiger partial charge in [-0.2, -0.15) is 26.3 Å². The Bertz CT molecular complexity index is 656. The van der Waals surface area contributed by atoms with Crippen LogP contribution in [0.4, 0.5) is 36.4 Å². The maximum atomic E-state index is 14.0. The standard InChI is InChI=1S/C14H13F7N2S2/c1-8-4-9(15)10(5-11(8)25-7-14(19,20)21)22-12-23(2-3-24-12)6-13(16,17)18/h4-5H,2-3,6-7H2,1H3. The van der Waals surface area contributed by atoms with Crippen LogP contribution < -0.4 is 0 Å². The number of nitrogens with zero attached hydrogens (tertiary/aromatic N) is 2. The Morgan fingerprint density at radius 2 is 1.84 bits per heavy atom. The van der Waals surface area contributed by atoms with Crippen molar-refractivity contribution in [2.75, 3.05) is 24.6 Å². The van der Waals surface area contributed by atoms with Crippen LogP contribution >= 0.6 is 23.5 Å². The van der Waals surface area contributed by atoms with Crippen molar-refractivity contribution in [2.45, 2.75) is 24.2 Å². The molecular formula is C14H13F7N2S2. The Morgan fingerprint density at radius 1 is 1.16 bits per heavy atom. The van der Waals surface area contributed by atoms with Crippen molar-refractivity contribution >= 4 is 34.4 Å². The quantitative estimate of drug-likeness (QED) is 0.493. The Balaban J connectivity index is 2.26. The van der Waals surface area contributed by atoms with Crippen molar-refractivity contribution < 1.29 is 30.7 Å². The summed E-state index contributed by atoms with van der Waals surface area (Å²) in [5.74, 6) is -1.57. The van der Waals surface area contributed by atoms with E-state index in [0.29, 0.717) is 23.1 Å². The molecule has 25 heavy (non-hydrogen) atoms. The van der Waals surface area contributed by atoms with Crippen LogP contribution in [0.2, 0.25) is 0 Å².